The van der Waals surface area contributed by atoms with Gasteiger partial charge in [-0.2, -0.15) is 0 Å². The fourth-order valence-electron chi connectivity index (χ4n) is 1.73. The highest BCUT2D eigenvalue weighted by molar-refractivity contribution is 5.25. The molecule has 0 spiro atoms. The van der Waals surface area contributed by atoms with Crippen LogP contribution in [0.1, 0.15) is 44.0 Å². The summed E-state index contributed by atoms with van der Waals surface area (Å²) in [7, 11) is 0. The Kier molecular flexibility index (Phi) is 5.12. The third-order valence-electron chi connectivity index (χ3n) is 2.86. The second-order valence-corrected chi connectivity index (χ2v) is 4.84. The van der Waals surface area contributed by atoms with Crippen LogP contribution >= 0.6 is 0 Å². The lowest BCUT2D eigenvalue weighted by atomic mass is 10.2. The van der Waals surface area contributed by atoms with Crippen LogP contribution in [0.25, 0.3) is 0 Å². The van der Waals surface area contributed by atoms with Crippen molar-refractivity contribution in [2.45, 2.75) is 39.8 Å². The summed E-state index contributed by atoms with van der Waals surface area (Å²) in [5.74, 6) is 2.62. The Morgan fingerprint density at radius 1 is 1.40 bits per heavy atom. The fraction of sp³-hybridized carbons (Fsp3) is 0.467. The number of rotatable bonds is 7. The zero-order valence-electron chi connectivity index (χ0n) is 12.2. The van der Waals surface area contributed by atoms with Crippen molar-refractivity contribution >= 4 is 0 Å². The molecule has 0 aliphatic carbocycles. The summed E-state index contributed by atoms with van der Waals surface area (Å²) < 4.78 is 11.0. The number of hydrogen-bond acceptors (Lipinski definition) is 5. The van der Waals surface area contributed by atoms with Gasteiger partial charge in [-0.05, 0) is 18.7 Å². The zero-order valence-corrected chi connectivity index (χ0v) is 12.2. The molecule has 0 aliphatic rings. The Morgan fingerprint density at radius 3 is 2.90 bits per heavy atom. The molecule has 0 bridgehead atoms. The normalized spacial score (nSPS) is 11.0. The Morgan fingerprint density at radius 2 is 2.25 bits per heavy atom. The summed E-state index contributed by atoms with van der Waals surface area (Å²) in [6, 6.07) is 3.73. The molecule has 0 unspecified atom stereocenters. The second-order valence-electron chi connectivity index (χ2n) is 4.84. The predicted molar refractivity (Wildman–Crippen MR) is 76.5 cm³/mol. The van der Waals surface area contributed by atoms with Crippen molar-refractivity contribution in [2.24, 2.45) is 0 Å². The molecule has 0 saturated carbocycles. The van der Waals surface area contributed by atoms with E-state index in [9.17, 15) is 0 Å². The van der Waals surface area contributed by atoms with Crippen LogP contribution in [0.15, 0.2) is 29.0 Å². The van der Waals surface area contributed by atoms with Gasteiger partial charge in [-0.25, -0.2) is 9.97 Å². The molecule has 0 atom stereocenters. The molecule has 0 amide bonds. The van der Waals surface area contributed by atoms with E-state index in [-0.39, 0.29) is 0 Å². The minimum absolute atomic E-state index is 0.300. The van der Waals surface area contributed by atoms with Gasteiger partial charge >= 0.3 is 0 Å². The highest BCUT2D eigenvalue weighted by atomic mass is 16.5. The molecule has 5 nitrogen and oxygen atoms in total. The fourth-order valence-corrected chi connectivity index (χ4v) is 1.73. The van der Waals surface area contributed by atoms with Gasteiger partial charge in [0.15, 0.2) is 5.75 Å². The first-order valence-corrected chi connectivity index (χ1v) is 6.92. The molecule has 2 aromatic heterocycles. The molecular weight excluding hydrogens is 254 g/mol. The average Bonchev–Trinajstić information content (AvgIpc) is 2.96. The SMILES string of the molecule is CCNCc1nc(C(C)C)ncc1OCc1ccco1. The van der Waals surface area contributed by atoms with Crippen molar-refractivity contribution < 1.29 is 9.15 Å². The van der Waals surface area contributed by atoms with Gasteiger partial charge in [0, 0.05) is 12.5 Å². The van der Waals surface area contributed by atoms with Crippen molar-refractivity contribution in [3.05, 3.63) is 41.9 Å². The Bertz CT molecular complexity index is 524. The van der Waals surface area contributed by atoms with E-state index >= 15 is 0 Å². The third kappa shape index (κ3) is 3.81. The number of nitrogens with zero attached hydrogens (tertiary/aromatic N) is 2. The third-order valence-corrected chi connectivity index (χ3v) is 2.86. The molecule has 2 aromatic rings. The summed E-state index contributed by atoms with van der Waals surface area (Å²) in [5.41, 5.74) is 0.886. The van der Waals surface area contributed by atoms with Crippen molar-refractivity contribution in [3.63, 3.8) is 0 Å². The molecule has 0 aliphatic heterocycles. The van der Waals surface area contributed by atoms with Gasteiger partial charge in [0.05, 0.1) is 18.2 Å². The molecule has 20 heavy (non-hydrogen) atoms. The number of ether oxygens (including phenoxy) is 1. The molecule has 2 heterocycles. The zero-order chi connectivity index (χ0) is 14.4. The highest BCUT2D eigenvalue weighted by Gasteiger charge is 2.11. The summed E-state index contributed by atoms with van der Waals surface area (Å²) in [4.78, 5) is 8.93. The second kappa shape index (κ2) is 7.05. The summed E-state index contributed by atoms with van der Waals surface area (Å²) in [6.45, 7) is 8.17. The molecule has 1 N–H and O–H groups in total. The topological polar surface area (TPSA) is 60.2 Å². The minimum atomic E-state index is 0.300. The molecule has 108 valence electrons. The molecule has 0 aromatic carbocycles. The van der Waals surface area contributed by atoms with E-state index in [4.69, 9.17) is 9.15 Å². The van der Waals surface area contributed by atoms with E-state index in [1.54, 1.807) is 12.5 Å². The summed E-state index contributed by atoms with van der Waals surface area (Å²) in [6.07, 6.45) is 3.38. The Hall–Kier alpha value is -1.88. The van der Waals surface area contributed by atoms with Gasteiger partial charge in [0.25, 0.3) is 0 Å². The van der Waals surface area contributed by atoms with Crippen LogP contribution in [-0.2, 0) is 13.2 Å². The van der Waals surface area contributed by atoms with Crippen LogP contribution < -0.4 is 10.1 Å². The van der Waals surface area contributed by atoms with Crippen LogP contribution in [0.4, 0.5) is 0 Å². The van der Waals surface area contributed by atoms with Gasteiger partial charge in [0.1, 0.15) is 18.2 Å². The van der Waals surface area contributed by atoms with E-state index in [2.05, 4.69) is 36.1 Å². The van der Waals surface area contributed by atoms with E-state index < -0.39 is 0 Å². The highest BCUT2D eigenvalue weighted by Crippen LogP contribution is 2.19. The quantitative estimate of drug-likeness (QED) is 0.842. The lowest BCUT2D eigenvalue weighted by Gasteiger charge is -2.12. The maximum Gasteiger partial charge on any atom is 0.161 e. The average molecular weight is 275 g/mol. The van der Waals surface area contributed by atoms with Crippen LogP contribution in [0, 0.1) is 0 Å². The maximum absolute atomic E-state index is 5.75. The van der Waals surface area contributed by atoms with E-state index in [0.717, 1.165) is 23.8 Å². The molecule has 2 rings (SSSR count). The Labute approximate surface area is 119 Å². The monoisotopic (exact) mass is 275 g/mol. The minimum Gasteiger partial charge on any atom is -0.482 e. The number of hydrogen-bond donors (Lipinski definition) is 1. The largest absolute Gasteiger partial charge is 0.482 e. The molecule has 0 saturated heterocycles. The number of nitrogens with one attached hydrogen (secondary N) is 1. The number of aromatic nitrogens is 2. The van der Waals surface area contributed by atoms with Gasteiger partial charge in [0.2, 0.25) is 0 Å². The van der Waals surface area contributed by atoms with E-state index in [0.29, 0.717) is 24.8 Å². The molecule has 0 radical (unpaired) electrons. The lowest BCUT2D eigenvalue weighted by molar-refractivity contribution is 0.264. The maximum atomic E-state index is 5.75. The smallest absolute Gasteiger partial charge is 0.161 e. The van der Waals surface area contributed by atoms with Crippen LogP contribution in [0.5, 0.6) is 5.75 Å². The van der Waals surface area contributed by atoms with Crippen LogP contribution in [-0.4, -0.2) is 16.5 Å². The predicted octanol–water partition coefficient (Wildman–Crippen LogP) is 2.88. The first kappa shape index (κ1) is 14.5. The standard InChI is InChI=1S/C15H21N3O2/c1-4-16-8-13-14(9-17-15(18-13)11(2)3)20-10-12-6-5-7-19-12/h5-7,9,11,16H,4,8,10H2,1-3H3. The van der Waals surface area contributed by atoms with Crippen molar-refractivity contribution in [1.82, 2.24) is 15.3 Å². The van der Waals surface area contributed by atoms with E-state index in [1.165, 1.54) is 0 Å². The Balaban J connectivity index is 2.12. The molecular formula is C15H21N3O2. The van der Waals surface area contributed by atoms with Gasteiger partial charge in [-0.3, -0.25) is 0 Å². The summed E-state index contributed by atoms with van der Waals surface area (Å²) in [5, 5.41) is 3.27. The van der Waals surface area contributed by atoms with Crippen molar-refractivity contribution in [1.29, 1.82) is 0 Å². The van der Waals surface area contributed by atoms with Gasteiger partial charge in [-0.15, -0.1) is 0 Å². The van der Waals surface area contributed by atoms with Crippen molar-refractivity contribution in [3.8, 4) is 5.75 Å². The summed E-state index contributed by atoms with van der Waals surface area (Å²) >= 11 is 0. The van der Waals surface area contributed by atoms with Gasteiger partial charge in [-0.1, -0.05) is 20.8 Å². The van der Waals surface area contributed by atoms with Crippen LogP contribution in [0.2, 0.25) is 0 Å². The molecule has 5 heteroatoms. The van der Waals surface area contributed by atoms with Crippen LogP contribution in [0.3, 0.4) is 0 Å². The lowest BCUT2D eigenvalue weighted by Crippen LogP contribution is -2.16. The van der Waals surface area contributed by atoms with E-state index in [1.807, 2.05) is 12.1 Å². The van der Waals surface area contributed by atoms with Crippen molar-refractivity contribution in [2.75, 3.05) is 6.54 Å². The molecule has 0 fully saturated rings. The van der Waals surface area contributed by atoms with Gasteiger partial charge < -0.3 is 14.5 Å². The first-order chi connectivity index (χ1) is 9.70. The first-order valence-electron chi connectivity index (χ1n) is 6.92. The number of furan rings is 1.